The largest absolute Gasteiger partial charge is 0.481 e. The normalized spacial score (nSPS) is 13.3. The van der Waals surface area contributed by atoms with Gasteiger partial charge in [0.05, 0.1) is 35.5 Å². The molecule has 2 aromatic carbocycles. The summed E-state index contributed by atoms with van der Waals surface area (Å²) in [6, 6.07) is 9.66. The van der Waals surface area contributed by atoms with Crippen molar-refractivity contribution in [3.8, 4) is 0 Å². The van der Waals surface area contributed by atoms with Crippen LogP contribution in [0.1, 0.15) is 76.5 Å². The van der Waals surface area contributed by atoms with E-state index in [0.29, 0.717) is 38.3 Å². The van der Waals surface area contributed by atoms with Crippen molar-refractivity contribution in [3.63, 3.8) is 0 Å². The molecule has 1 amide bonds. The Bertz CT molecular complexity index is 1340. The number of nitrogens with one attached hydrogen (secondary N) is 2. The molecule has 5 N–H and O–H groups in total. The molecule has 2 aromatic rings. The number of carboxylic acids is 2. The molecule has 0 aliphatic rings. The van der Waals surface area contributed by atoms with Crippen LogP contribution in [0.2, 0.25) is 0 Å². The van der Waals surface area contributed by atoms with Gasteiger partial charge in [0.2, 0.25) is 5.91 Å². The minimum Gasteiger partial charge on any atom is -0.481 e. The molecular weight excluding hydrogens is 622 g/mol. The second-order valence-corrected chi connectivity index (χ2v) is 13.6. The van der Waals surface area contributed by atoms with Crippen molar-refractivity contribution in [2.75, 3.05) is 12.3 Å². The molecule has 0 radical (unpaired) electrons. The molecule has 0 saturated heterocycles. The number of halogens is 2. The first kappa shape index (κ1) is 40.6. The van der Waals surface area contributed by atoms with Crippen LogP contribution in [0, 0.1) is 17.6 Å². The third kappa shape index (κ3) is 15.7. The number of aryl methyl sites for hydroxylation is 1. The van der Waals surface area contributed by atoms with Gasteiger partial charge in [0.1, 0.15) is 11.6 Å². The number of carboxylic acid groups (broad SMARTS) is 2. The fourth-order valence-electron chi connectivity index (χ4n) is 5.03. The van der Waals surface area contributed by atoms with Crippen molar-refractivity contribution in [2.24, 2.45) is 5.92 Å². The Morgan fingerprint density at radius 3 is 1.98 bits per heavy atom. The number of carbonyl (C=O) groups is 3. The quantitative estimate of drug-likeness (QED) is 0.147. The Morgan fingerprint density at radius 1 is 0.891 bits per heavy atom. The second kappa shape index (κ2) is 20.7. The highest BCUT2D eigenvalue weighted by Gasteiger charge is 2.34. The minimum absolute atomic E-state index is 0.00390. The first-order valence-electron chi connectivity index (χ1n) is 15.5. The topological polar surface area (TPSA) is 170 Å². The van der Waals surface area contributed by atoms with Crippen molar-refractivity contribution in [2.45, 2.75) is 96.6 Å². The molecule has 0 heterocycles. The van der Waals surface area contributed by atoms with Crippen LogP contribution in [0.5, 0.6) is 0 Å². The van der Waals surface area contributed by atoms with Crippen LogP contribution < -0.4 is 10.6 Å². The van der Waals surface area contributed by atoms with Gasteiger partial charge in [-0.2, -0.15) is 0 Å². The lowest BCUT2D eigenvalue weighted by Crippen LogP contribution is -2.51. The molecular formula is C33H48F2N2O8S. The molecule has 1 unspecified atom stereocenters. The van der Waals surface area contributed by atoms with Crippen LogP contribution in [0.3, 0.4) is 0 Å². The molecule has 2 rings (SSSR count). The highest BCUT2D eigenvalue weighted by molar-refractivity contribution is 7.92. The highest BCUT2D eigenvalue weighted by Crippen LogP contribution is 2.21. The van der Waals surface area contributed by atoms with E-state index >= 15 is 0 Å². The predicted molar refractivity (Wildman–Crippen MR) is 172 cm³/mol. The molecule has 0 aliphatic heterocycles. The Labute approximate surface area is 270 Å². The van der Waals surface area contributed by atoms with Crippen LogP contribution in [-0.4, -0.2) is 71.3 Å². The SMILES string of the molecule is CC(=O)O.CCCC(CCC)S(=O)(=O)CC(CC(=O)O)C(=O)N[C@@H](Cc1cc(F)cc(F)c1)[C@H](O)CNCc1cccc(CC)c1. The molecule has 0 aromatic heterocycles. The van der Waals surface area contributed by atoms with Gasteiger partial charge in [-0.15, -0.1) is 0 Å². The van der Waals surface area contributed by atoms with Gasteiger partial charge in [-0.3, -0.25) is 14.4 Å². The number of aliphatic hydroxyl groups is 1. The summed E-state index contributed by atoms with van der Waals surface area (Å²) in [5.41, 5.74) is 2.29. The van der Waals surface area contributed by atoms with E-state index in [1.165, 1.54) is 0 Å². The van der Waals surface area contributed by atoms with Crippen LogP contribution in [-0.2, 0) is 43.6 Å². The average Bonchev–Trinajstić information content (AvgIpc) is 2.95. The van der Waals surface area contributed by atoms with Crippen LogP contribution in [0.25, 0.3) is 0 Å². The molecule has 0 saturated carbocycles. The Kier molecular flexibility index (Phi) is 18.2. The molecule has 0 fully saturated rings. The summed E-state index contributed by atoms with van der Waals surface area (Å²) in [5, 5.41) is 33.0. The molecule has 13 heteroatoms. The van der Waals surface area contributed by atoms with Gasteiger partial charge >= 0.3 is 5.97 Å². The standard InChI is InChI=1S/C31H44F2N2O6S.C2H4O2/c1-4-8-27(9-5-2)42(40,41)20-24(16-30(37)38)31(39)35-28(15-23-13-25(32)17-26(33)14-23)29(36)19-34-18-22-11-7-10-21(6-3)12-22;1-2(3)4/h7,10-14,17,24,27-29,34,36H,4-6,8-9,15-16,18-20H2,1-3H3,(H,35,39)(H,37,38);1H3,(H,3,4)/t24?,28-,29+;/m0./s1. The third-order valence-corrected chi connectivity index (χ3v) is 9.56. The maximum atomic E-state index is 13.9. The van der Waals surface area contributed by atoms with Gasteiger partial charge < -0.3 is 26.0 Å². The smallest absolute Gasteiger partial charge is 0.304 e. The fraction of sp³-hybridized carbons (Fsp3) is 0.545. The number of hydrogen-bond acceptors (Lipinski definition) is 7. The van der Waals surface area contributed by atoms with Gasteiger partial charge in [0, 0.05) is 26.1 Å². The lowest BCUT2D eigenvalue weighted by atomic mass is 9.98. The van der Waals surface area contributed by atoms with Crippen LogP contribution >= 0.6 is 0 Å². The minimum atomic E-state index is -3.81. The zero-order valence-electron chi connectivity index (χ0n) is 27.0. The third-order valence-electron chi connectivity index (χ3n) is 7.21. The zero-order valence-corrected chi connectivity index (χ0v) is 27.8. The van der Waals surface area contributed by atoms with Crippen molar-refractivity contribution in [3.05, 3.63) is 70.8 Å². The number of benzene rings is 2. The maximum Gasteiger partial charge on any atom is 0.304 e. The van der Waals surface area contributed by atoms with Crippen molar-refractivity contribution in [1.82, 2.24) is 10.6 Å². The second-order valence-electron chi connectivity index (χ2n) is 11.3. The van der Waals surface area contributed by atoms with Gasteiger partial charge in [0.15, 0.2) is 9.84 Å². The predicted octanol–water partition coefficient (Wildman–Crippen LogP) is 4.27. The summed E-state index contributed by atoms with van der Waals surface area (Å²) in [6.07, 6.45) is 0.758. The number of aliphatic hydroxyl groups excluding tert-OH is 1. The van der Waals surface area contributed by atoms with Crippen molar-refractivity contribution >= 4 is 27.7 Å². The molecule has 0 bridgehead atoms. The first-order chi connectivity index (χ1) is 21.6. The number of hydrogen-bond donors (Lipinski definition) is 5. The zero-order chi connectivity index (χ0) is 34.9. The van der Waals surface area contributed by atoms with Crippen molar-refractivity contribution < 1.29 is 46.9 Å². The Balaban J connectivity index is 0.00000249. The number of aliphatic carboxylic acids is 2. The summed E-state index contributed by atoms with van der Waals surface area (Å²) in [4.78, 5) is 34.0. The van der Waals surface area contributed by atoms with Crippen LogP contribution in [0.4, 0.5) is 8.78 Å². The van der Waals surface area contributed by atoms with E-state index < -0.39 is 74.8 Å². The maximum absolute atomic E-state index is 13.9. The summed E-state index contributed by atoms with van der Waals surface area (Å²) >= 11 is 0. The number of carbonyl (C=O) groups excluding carboxylic acids is 1. The van der Waals surface area contributed by atoms with E-state index in [-0.39, 0.29) is 18.5 Å². The molecule has 258 valence electrons. The molecule has 3 atom stereocenters. The van der Waals surface area contributed by atoms with E-state index in [4.69, 9.17) is 9.90 Å². The molecule has 0 spiro atoms. The van der Waals surface area contributed by atoms with E-state index in [1.54, 1.807) is 0 Å². The number of amides is 1. The molecule has 0 aliphatic carbocycles. The molecule has 46 heavy (non-hydrogen) atoms. The lowest BCUT2D eigenvalue weighted by molar-refractivity contribution is -0.141. The molecule has 10 nitrogen and oxygen atoms in total. The van der Waals surface area contributed by atoms with E-state index in [9.17, 15) is 37.0 Å². The summed E-state index contributed by atoms with van der Waals surface area (Å²) in [7, 11) is -3.81. The summed E-state index contributed by atoms with van der Waals surface area (Å²) in [5.74, 6) is -6.75. The monoisotopic (exact) mass is 670 g/mol. The van der Waals surface area contributed by atoms with Gasteiger partial charge in [0.25, 0.3) is 5.97 Å². The van der Waals surface area contributed by atoms with E-state index in [2.05, 4.69) is 10.6 Å². The highest BCUT2D eigenvalue weighted by atomic mass is 32.2. The van der Waals surface area contributed by atoms with Gasteiger partial charge in [-0.1, -0.05) is 57.9 Å². The van der Waals surface area contributed by atoms with Crippen LogP contribution in [0.15, 0.2) is 42.5 Å². The summed E-state index contributed by atoms with van der Waals surface area (Å²) in [6.45, 7) is 7.24. The lowest BCUT2D eigenvalue weighted by Gasteiger charge is -2.27. The number of sulfone groups is 1. The first-order valence-corrected chi connectivity index (χ1v) is 17.2. The summed E-state index contributed by atoms with van der Waals surface area (Å²) < 4.78 is 54.2. The van der Waals surface area contributed by atoms with E-state index in [1.807, 2.05) is 45.0 Å². The van der Waals surface area contributed by atoms with Gasteiger partial charge in [-0.05, 0) is 54.5 Å². The van der Waals surface area contributed by atoms with Gasteiger partial charge in [-0.25, -0.2) is 17.2 Å². The Morgan fingerprint density at radius 2 is 1.46 bits per heavy atom. The fourth-order valence-corrected chi connectivity index (χ4v) is 7.33. The van der Waals surface area contributed by atoms with E-state index in [0.717, 1.165) is 36.6 Å². The average molecular weight is 671 g/mol. The Hall–Kier alpha value is -3.42. The number of rotatable bonds is 19. The van der Waals surface area contributed by atoms with Crippen molar-refractivity contribution in [1.29, 1.82) is 0 Å².